The molecule has 18 heavy (non-hydrogen) atoms. The van der Waals surface area contributed by atoms with Crippen LogP contribution in [0.2, 0.25) is 5.02 Å². The van der Waals surface area contributed by atoms with Gasteiger partial charge in [0.25, 0.3) is 0 Å². The molecule has 1 unspecified atom stereocenters. The van der Waals surface area contributed by atoms with Gasteiger partial charge in [-0.05, 0) is 60.4 Å². The van der Waals surface area contributed by atoms with Crippen LogP contribution in [0, 0.1) is 19.7 Å². The monoisotopic (exact) mass is 264 g/mol. The van der Waals surface area contributed by atoms with Crippen LogP contribution in [-0.4, -0.2) is 5.11 Å². The first-order valence-electron chi connectivity index (χ1n) is 5.68. The second-order valence-corrected chi connectivity index (χ2v) is 4.90. The summed E-state index contributed by atoms with van der Waals surface area (Å²) in [7, 11) is 0. The van der Waals surface area contributed by atoms with Crippen molar-refractivity contribution in [2.45, 2.75) is 20.0 Å². The van der Waals surface area contributed by atoms with E-state index in [1.54, 1.807) is 25.1 Å². The Morgan fingerprint density at radius 3 is 2.50 bits per heavy atom. The van der Waals surface area contributed by atoms with Crippen molar-refractivity contribution in [3.8, 4) is 0 Å². The molecule has 0 aliphatic carbocycles. The number of halogens is 2. The van der Waals surface area contributed by atoms with E-state index in [4.69, 9.17) is 11.6 Å². The van der Waals surface area contributed by atoms with Crippen molar-refractivity contribution < 1.29 is 9.50 Å². The number of aliphatic hydroxyl groups excluding tert-OH is 1. The maximum Gasteiger partial charge on any atom is 0.123 e. The van der Waals surface area contributed by atoms with E-state index in [9.17, 15) is 9.50 Å². The Kier molecular flexibility index (Phi) is 3.69. The average molecular weight is 265 g/mol. The van der Waals surface area contributed by atoms with Gasteiger partial charge in [0.1, 0.15) is 11.9 Å². The highest BCUT2D eigenvalue weighted by Crippen LogP contribution is 2.28. The molecule has 0 fully saturated rings. The zero-order chi connectivity index (χ0) is 13.3. The van der Waals surface area contributed by atoms with Gasteiger partial charge in [-0.1, -0.05) is 23.7 Å². The first kappa shape index (κ1) is 13.1. The predicted molar refractivity (Wildman–Crippen MR) is 71.4 cm³/mol. The van der Waals surface area contributed by atoms with Crippen molar-refractivity contribution in [2.75, 3.05) is 0 Å². The van der Waals surface area contributed by atoms with Crippen LogP contribution in [0.25, 0.3) is 0 Å². The summed E-state index contributed by atoms with van der Waals surface area (Å²) in [5, 5.41) is 10.9. The van der Waals surface area contributed by atoms with E-state index in [0.717, 1.165) is 11.1 Å². The number of aryl methyl sites for hydroxylation is 2. The van der Waals surface area contributed by atoms with Crippen LogP contribution >= 0.6 is 11.6 Å². The molecule has 1 N–H and O–H groups in total. The van der Waals surface area contributed by atoms with Crippen molar-refractivity contribution in [1.29, 1.82) is 0 Å². The third kappa shape index (κ3) is 2.71. The summed E-state index contributed by atoms with van der Waals surface area (Å²) in [6.45, 7) is 3.69. The van der Waals surface area contributed by atoms with Crippen LogP contribution in [0.15, 0.2) is 36.4 Å². The molecular weight excluding hydrogens is 251 g/mol. The summed E-state index contributed by atoms with van der Waals surface area (Å²) >= 11 is 5.93. The van der Waals surface area contributed by atoms with Gasteiger partial charge in [0.15, 0.2) is 0 Å². The molecule has 0 aliphatic rings. The molecule has 0 saturated carbocycles. The van der Waals surface area contributed by atoms with Crippen LogP contribution in [-0.2, 0) is 0 Å². The number of rotatable bonds is 2. The Morgan fingerprint density at radius 1 is 1.11 bits per heavy atom. The molecule has 0 amide bonds. The number of hydrogen-bond donors (Lipinski definition) is 1. The summed E-state index contributed by atoms with van der Waals surface area (Å²) in [5.41, 5.74) is 2.95. The minimum atomic E-state index is -0.863. The minimum Gasteiger partial charge on any atom is -0.384 e. The van der Waals surface area contributed by atoms with Crippen molar-refractivity contribution in [3.63, 3.8) is 0 Å². The normalized spacial score (nSPS) is 12.5. The number of hydrogen-bond acceptors (Lipinski definition) is 1. The molecular formula is C15H14ClFO. The minimum absolute atomic E-state index is 0.344. The molecule has 2 rings (SSSR count). The third-order valence-corrected chi connectivity index (χ3v) is 3.15. The fourth-order valence-corrected chi connectivity index (χ4v) is 2.19. The summed E-state index contributed by atoms with van der Waals surface area (Å²) in [4.78, 5) is 0. The van der Waals surface area contributed by atoms with Gasteiger partial charge in [0, 0.05) is 5.02 Å². The molecule has 2 aromatic carbocycles. The van der Waals surface area contributed by atoms with Gasteiger partial charge < -0.3 is 5.11 Å². The SMILES string of the molecule is Cc1cc(F)cc(C(O)c2cc(Cl)ccc2C)c1. The summed E-state index contributed by atoms with van der Waals surface area (Å²) in [6, 6.07) is 9.87. The largest absolute Gasteiger partial charge is 0.384 e. The molecule has 0 radical (unpaired) electrons. The quantitative estimate of drug-likeness (QED) is 0.863. The van der Waals surface area contributed by atoms with E-state index in [1.807, 2.05) is 13.0 Å². The van der Waals surface area contributed by atoms with Gasteiger partial charge in [-0.3, -0.25) is 0 Å². The molecule has 0 saturated heterocycles. The second kappa shape index (κ2) is 5.09. The number of benzene rings is 2. The zero-order valence-corrected chi connectivity index (χ0v) is 11.0. The summed E-state index contributed by atoms with van der Waals surface area (Å²) < 4.78 is 13.3. The van der Waals surface area contributed by atoms with Gasteiger partial charge >= 0.3 is 0 Å². The Labute approximate surface area is 111 Å². The summed E-state index contributed by atoms with van der Waals surface area (Å²) in [5.74, 6) is -0.344. The highest BCUT2D eigenvalue weighted by molar-refractivity contribution is 6.30. The Balaban J connectivity index is 2.47. The Morgan fingerprint density at radius 2 is 1.83 bits per heavy atom. The van der Waals surface area contributed by atoms with Gasteiger partial charge in [0.05, 0.1) is 0 Å². The van der Waals surface area contributed by atoms with Crippen LogP contribution in [0.5, 0.6) is 0 Å². The highest BCUT2D eigenvalue weighted by Gasteiger charge is 2.14. The number of aliphatic hydroxyl groups is 1. The van der Waals surface area contributed by atoms with Crippen LogP contribution < -0.4 is 0 Å². The highest BCUT2D eigenvalue weighted by atomic mass is 35.5. The molecule has 1 atom stereocenters. The molecule has 94 valence electrons. The lowest BCUT2D eigenvalue weighted by atomic mass is 9.96. The fourth-order valence-electron chi connectivity index (χ4n) is 2.01. The maximum atomic E-state index is 13.3. The van der Waals surface area contributed by atoms with Crippen molar-refractivity contribution in [3.05, 3.63) is 69.5 Å². The van der Waals surface area contributed by atoms with Gasteiger partial charge in [-0.25, -0.2) is 4.39 Å². The van der Waals surface area contributed by atoms with Crippen molar-refractivity contribution >= 4 is 11.6 Å². The van der Waals surface area contributed by atoms with Crippen LogP contribution in [0.1, 0.15) is 28.4 Å². The van der Waals surface area contributed by atoms with Crippen LogP contribution in [0.4, 0.5) is 4.39 Å². The lowest BCUT2D eigenvalue weighted by Crippen LogP contribution is -2.03. The molecule has 3 heteroatoms. The molecule has 0 spiro atoms. The van der Waals surface area contributed by atoms with E-state index >= 15 is 0 Å². The average Bonchev–Trinajstić information content (AvgIpc) is 2.30. The Hall–Kier alpha value is -1.38. The van der Waals surface area contributed by atoms with Gasteiger partial charge in [-0.15, -0.1) is 0 Å². The lowest BCUT2D eigenvalue weighted by Gasteiger charge is -2.15. The molecule has 0 bridgehead atoms. The topological polar surface area (TPSA) is 20.2 Å². The maximum absolute atomic E-state index is 13.3. The van der Waals surface area contributed by atoms with Crippen LogP contribution in [0.3, 0.4) is 0 Å². The van der Waals surface area contributed by atoms with Crippen molar-refractivity contribution in [1.82, 2.24) is 0 Å². The summed E-state index contributed by atoms with van der Waals surface area (Å²) in [6.07, 6.45) is -0.863. The predicted octanol–water partition coefficient (Wildman–Crippen LogP) is 4.18. The standard InChI is InChI=1S/C15H14ClFO/c1-9-5-11(7-13(17)6-9)15(18)14-8-12(16)4-3-10(14)2/h3-8,15,18H,1-2H3. The first-order chi connectivity index (χ1) is 8.47. The fraction of sp³-hybridized carbons (Fsp3) is 0.200. The van der Waals surface area contributed by atoms with E-state index in [2.05, 4.69) is 0 Å². The molecule has 1 nitrogen and oxygen atoms in total. The Bertz CT molecular complexity index is 560. The van der Waals surface area contributed by atoms with E-state index < -0.39 is 6.10 Å². The van der Waals surface area contributed by atoms with E-state index in [-0.39, 0.29) is 5.82 Å². The third-order valence-electron chi connectivity index (χ3n) is 2.92. The molecule has 0 aliphatic heterocycles. The second-order valence-electron chi connectivity index (χ2n) is 4.47. The molecule has 0 aromatic heterocycles. The molecule has 2 aromatic rings. The van der Waals surface area contributed by atoms with E-state index in [0.29, 0.717) is 16.1 Å². The zero-order valence-electron chi connectivity index (χ0n) is 10.2. The lowest BCUT2D eigenvalue weighted by molar-refractivity contribution is 0.219. The van der Waals surface area contributed by atoms with E-state index in [1.165, 1.54) is 12.1 Å². The molecule has 0 heterocycles. The van der Waals surface area contributed by atoms with Gasteiger partial charge in [-0.2, -0.15) is 0 Å². The van der Waals surface area contributed by atoms with Crippen molar-refractivity contribution in [2.24, 2.45) is 0 Å². The smallest absolute Gasteiger partial charge is 0.123 e. The first-order valence-corrected chi connectivity index (χ1v) is 6.06. The van der Waals surface area contributed by atoms with Gasteiger partial charge in [0.2, 0.25) is 0 Å².